The second kappa shape index (κ2) is 18.9. The first-order chi connectivity index (χ1) is 31.4. The highest BCUT2D eigenvalue weighted by Crippen LogP contribution is 2.53. The predicted octanol–water partition coefficient (Wildman–Crippen LogP) is 11.9. The Labute approximate surface area is 385 Å². The minimum Gasteiger partial charge on any atom is -0.297 e. The van der Waals surface area contributed by atoms with Gasteiger partial charge >= 0.3 is 0 Å². The van der Waals surface area contributed by atoms with Crippen LogP contribution in [-0.4, -0.2) is 66.4 Å². The van der Waals surface area contributed by atoms with Crippen molar-refractivity contribution in [3.8, 4) is 11.1 Å². The molecule has 5 nitrogen and oxygen atoms in total. The summed E-state index contributed by atoms with van der Waals surface area (Å²) in [6.45, 7) is 4.20. The molecule has 0 saturated carbocycles. The van der Waals surface area contributed by atoms with Gasteiger partial charge in [-0.2, -0.15) is 0 Å². The number of fused-ring (bicyclic) bond motifs is 3. The van der Waals surface area contributed by atoms with E-state index >= 15 is 0 Å². The number of nitrogens with zero attached hydrogens (tertiary/aromatic N) is 2. The fourth-order valence-electron chi connectivity index (χ4n) is 10.5. The van der Waals surface area contributed by atoms with Gasteiger partial charge in [-0.1, -0.05) is 190 Å². The van der Waals surface area contributed by atoms with Crippen LogP contribution in [0.15, 0.2) is 182 Å². The zero-order valence-electron chi connectivity index (χ0n) is 38.7. The molecule has 0 aromatic heterocycles. The lowest BCUT2D eigenvalue weighted by molar-refractivity contribution is 0.0661. The van der Waals surface area contributed by atoms with Crippen LogP contribution in [0.1, 0.15) is 96.7 Å². The van der Waals surface area contributed by atoms with Crippen molar-refractivity contribution in [2.75, 3.05) is 28.2 Å². The number of hydrogen-bond donors (Lipinski definition) is 0. The Bertz CT molecular complexity index is 2660. The van der Waals surface area contributed by atoms with E-state index in [2.05, 4.69) is 109 Å². The number of carbonyl (C=O) groups excluding carboxylic acids is 3. The molecule has 328 valence electrons. The first kappa shape index (κ1) is 45.1. The molecule has 5 heteroatoms. The molecule has 2 atom stereocenters. The molecule has 2 unspecified atom stereocenters. The van der Waals surface area contributed by atoms with E-state index < -0.39 is 16.5 Å². The quantitative estimate of drug-likeness (QED) is 0.0805. The van der Waals surface area contributed by atoms with Gasteiger partial charge in [0.25, 0.3) is 0 Å². The first-order valence-electron chi connectivity index (χ1n) is 23.0. The summed E-state index contributed by atoms with van der Waals surface area (Å²) in [5.41, 5.74) is 9.68. The smallest absolute Gasteiger partial charge is 0.193 e. The van der Waals surface area contributed by atoms with Crippen molar-refractivity contribution >= 4 is 17.3 Å². The average molecular weight is 857 g/mol. The van der Waals surface area contributed by atoms with E-state index in [9.17, 15) is 14.4 Å². The summed E-state index contributed by atoms with van der Waals surface area (Å²) in [6, 6.07) is 61.3. The number of Topliss-reactive ketones (excluding diaryl/α,β-unsaturated/α-hetero) is 2. The van der Waals surface area contributed by atoms with Crippen molar-refractivity contribution < 1.29 is 14.4 Å². The van der Waals surface area contributed by atoms with Crippen LogP contribution >= 0.6 is 0 Å². The van der Waals surface area contributed by atoms with Crippen LogP contribution in [0.5, 0.6) is 0 Å². The SMILES string of the molecule is CCC(Cc1ccccc1)(C(=O)c1ccc(CC2(Cc3ccc(C(=O)C(CC)(Cc4ccccc4)N(C)C)cc3)c3ccccc3-c3ccc(C(=O)c4ccccc4)cc32)cc1)N(C)C. The molecule has 0 bridgehead atoms. The maximum Gasteiger partial charge on any atom is 0.193 e. The monoisotopic (exact) mass is 856 g/mol. The number of benzene rings is 7. The lowest BCUT2D eigenvalue weighted by Crippen LogP contribution is -2.52. The fourth-order valence-corrected chi connectivity index (χ4v) is 10.5. The molecule has 0 heterocycles. The van der Waals surface area contributed by atoms with Gasteiger partial charge in [-0.15, -0.1) is 0 Å². The summed E-state index contributed by atoms with van der Waals surface area (Å²) in [6.07, 6.45) is 3.82. The van der Waals surface area contributed by atoms with Gasteiger partial charge in [0.05, 0.1) is 11.1 Å². The van der Waals surface area contributed by atoms with Gasteiger partial charge in [-0.05, 0) is 117 Å². The Morgan fingerprint density at radius 3 is 1.26 bits per heavy atom. The Morgan fingerprint density at radius 1 is 0.415 bits per heavy atom. The number of hydrogen-bond acceptors (Lipinski definition) is 5. The van der Waals surface area contributed by atoms with Crippen LogP contribution < -0.4 is 0 Å². The topological polar surface area (TPSA) is 57.7 Å². The molecular weight excluding hydrogens is 797 g/mol. The molecule has 0 N–H and O–H groups in total. The molecule has 0 radical (unpaired) electrons. The lowest BCUT2D eigenvalue weighted by atomic mass is 9.69. The third-order valence-electron chi connectivity index (χ3n) is 14.4. The Hall–Kier alpha value is -6.53. The number of carbonyl (C=O) groups is 3. The third-order valence-corrected chi connectivity index (χ3v) is 14.4. The highest BCUT2D eigenvalue weighted by molar-refractivity contribution is 6.09. The summed E-state index contributed by atoms with van der Waals surface area (Å²) in [7, 11) is 8.02. The van der Waals surface area contributed by atoms with Crippen LogP contribution in [0.25, 0.3) is 11.1 Å². The van der Waals surface area contributed by atoms with E-state index in [0.717, 1.165) is 38.9 Å². The summed E-state index contributed by atoms with van der Waals surface area (Å²) in [5.74, 6) is 0.196. The number of ketones is 3. The molecule has 8 rings (SSSR count). The molecule has 7 aromatic rings. The van der Waals surface area contributed by atoms with E-state index in [-0.39, 0.29) is 17.3 Å². The molecule has 0 spiro atoms. The predicted molar refractivity (Wildman–Crippen MR) is 265 cm³/mol. The van der Waals surface area contributed by atoms with Crippen molar-refractivity contribution in [2.24, 2.45) is 0 Å². The average Bonchev–Trinajstić information content (AvgIpc) is 3.60. The molecule has 0 fully saturated rings. The normalized spacial score (nSPS) is 16.1. The Morgan fingerprint density at radius 2 is 0.815 bits per heavy atom. The van der Waals surface area contributed by atoms with Gasteiger partial charge in [0.1, 0.15) is 0 Å². The van der Waals surface area contributed by atoms with Gasteiger partial charge in [0.2, 0.25) is 0 Å². The van der Waals surface area contributed by atoms with E-state index in [1.54, 1.807) is 0 Å². The van der Waals surface area contributed by atoms with Crippen molar-refractivity contribution in [2.45, 2.75) is 68.9 Å². The molecule has 7 aromatic carbocycles. The minimum absolute atomic E-state index is 0.0180. The number of likely N-dealkylation sites (N-methyl/N-ethyl adjacent to an activating group) is 2. The summed E-state index contributed by atoms with van der Waals surface area (Å²) in [4.78, 5) is 47.5. The van der Waals surface area contributed by atoms with Gasteiger partial charge in [-0.25, -0.2) is 0 Å². The van der Waals surface area contributed by atoms with Crippen molar-refractivity contribution in [3.63, 3.8) is 0 Å². The molecule has 65 heavy (non-hydrogen) atoms. The van der Waals surface area contributed by atoms with Crippen LogP contribution in [0, 0.1) is 0 Å². The Kier molecular flexibility index (Phi) is 13.1. The minimum atomic E-state index is -0.701. The highest BCUT2D eigenvalue weighted by atomic mass is 16.1. The molecular formula is C60H60N2O3. The van der Waals surface area contributed by atoms with Gasteiger partial charge in [0.15, 0.2) is 17.3 Å². The zero-order chi connectivity index (χ0) is 45.8. The van der Waals surface area contributed by atoms with E-state index in [1.807, 2.05) is 125 Å². The fraction of sp³-hybridized carbons (Fsp3) is 0.250. The third kappa shape index (κ3) is 8.59. The summed E-state index contributed by atoms with van der Waals surface area (Å²) in [5, 5.41) is 0. The van der Waals surface area contributed by atoms with E-state index in [1.165, 1.54) is 5.56 Å². The van der Waals surface area contributed by atoms with Gasteiger partial charge in [0, 0.05) is 27.7 Å². The van der Waals surface area contributed by atoms with Crippen molar-refractivity contribution in [1.82, 2.24) is 9.80 Å². The van der Waals surface area contributed by atoms with Crippen molar-refractivity contribution in [3.05, 3.63) is 238 Å². The molecule has 1 aliphatic rings. The van der Waals surface area contributed by atoms with E-state index in [0.29, 0.717) is 60.8 Å². The van der Waals surface area contributed by atoms with Crippen LogP contribution in [-0.2, 0) is 31.1 Å². The summed E-state index contributed by atoms with van der Waals surface area (Å²) >= 11 is 0. The molecule has 1 aliphatic carbocycles. The molecule has 0 saturated heterocycles. The van der Waals surface area contributed by atoms with Gasteiger partial charge < -0.3 is 0 Å². The van der Waals surface area contributed by atoms with Crippen LogP contribution in [0.2, 0.25) is 0 Å². The van der Waals surface area contributed by atoms with Crippen LogP contribution in [0.3, 0.4) is 0 Å². The Balaban J connectivity index is 1.20. The van der Waals surface area contributed by atoms with E-state index in [4.69, 9.17) is 0 Å². The second-order valence-corrected chi connectivity index (χ2v) is 18.4. The number of rotatable bonds is 18. The van der Waals surface area contributed by atoms with Crippen molar-refractivity contribution in [1.29, 1.82) is 0 Å². The first-order valence-corrected chi connectivity index (χ1v) is 23.0. The maximum atomic E-state index is 14.6. The standard InChI is InChI=1S/C60H60N2O3/c1-7-59(61(3)4,41-43-20-12-9-13-21-43)56(64)48-32-28-45(29-33-48)39-58(40-46-30-34-49(35-31-46)57(65)60(8-2,62(5)6)42-44-22-14-10-15-23-44)53-27-19-18-26-51(53)52-37-36-50(38-54(52)58)55(63)47-24-16-11-17-25-47/h9-38H,7-8,39-42H2,1-6H3. The lowest BCUT2D eigenvalue weighted by Gasteiger charge is -2.38. The largest absolute Gasteiger partial charge is 0.297 e. The maximum absolute atomic E-state index is 14.6. The summed E-state index contributed by atoms with van der Waals surface area (Å²) < 4.78 is 0. The highest BCUT2D eigenvalue weighted by Gasteiger charge is 2.45. The van der Waals surface area contributed by atoms with Crippen LogP contribution in [0.4, 0.5) is 0 Å². The second-order valence-electron chi connectivity index (χ2n) is 18.4. The molecule has 0 aliphatic heterocycles. The zero-order valence-corrected chi connectivity index (χ0v) is 38.7. The molecule has 0 amide bonds. The van der Waals surface area contributed by atoms with Gasteiger partial charge in [-0.3, -0.25) is 24.2 Å².